The van der Waals surface area contributed by atoms with Gasteiger partial charge in [-0.1, -0.05) is 6.07 Å². The Balaban J connectivity index is 2.27. The second-order valence-corrected chi connectivity index (χ2v) is 6.39. The highest BCUT2D eigenvalue weighted by atomic mass is 32.1. The quantitative estimate of drug-likeness (QED) is 0.688. The van der Waals surface area contributed by atoms with Gasteiger partial charge in [-0.3, -0.25) is 9.63 Å². The summed E-state index contributed by atoms with van der Waals surface area (Å²) in [7, 11) is 3.06. The Kier molecular flexibility index (Phi) is 4.14. The van der Waals surface area contributed by atoms with E-state index in [1.807, 2.05) is 36.0 Å². The zero-order chi connectivity index (χ0) is 16.6. The molecule has 0 aliphatic rings. The lowest BCUT2D eigenvalue weighted by Gasteiger charge is -2.15. The largest absolute Gasteiger partial charge is 0.278 e. The molecule has 0 N–H and O–H groups in total. The van der Waals surface area contributed by atoms with E-state index >= 15 is 0 Å². The van der Waals surface area contributed by atoms with Crippen molar-refractivity contribution >= 4 is 28.3 Å². The number of pyridine rings is 1. The van der Waals surface area contributed by atoms with Crippen molar-refractivity contribution in [2.24, 2.45) is 0 Å². The molecular weight excluding hydrogens is 312 g/mol. The van der Waals surface area contributed by atoms with E-state index in [4.69, 9.17) is 9.82 Å². The minimum absolute atomic E-state index is 0.154. The van der Waals surface area contributed by atoms with Crippen LogP contribution in [0.3, 0.4) is 0 Å². The lowest BCUT2D eigenvalue weighted by Crippen LogP contribution is -2.25. The van der Waals surface area contributed by atoms with E-state index < -0.39 is 0 Å². The summed E-state index contributed by atoms with van der Waals surface area (Å²) in [5, 5.41) is 8.32. The van der Waals surface area contributed by atoms with Crippen LogP contribution in [0.1, 0.15) is 30.2 Å². The highest BCUT2D eigenvalue weighted by Crippen LogP contribution is 2.29. The van der Waals surface area contributed by atoms with Gasteiger partial charge in [0.05, 0.1) is 34.8 Å². The fraction of sp³-hybridized carbons (Fsp3) is 0.312. The molecule has 7 heteroatoms. The summed E-state index contributed by atoms with van der Waals surface area (Å²) in [6, 6.07) is 5.91. The van der Waals surface area contributed by atoms with E-state index in [0.717, 1.165) is 16.0 Å². The molecule has 0 radical (unpaired) electrons. The van der Waals surface area contributed by atoms with Crippen LogP contribution in [-0.4, -0.2) is 39.9 Å². The van der Waals surface area contributed by atoms with Crippen LogP contribution in [0.2, 0.25) is 0 Å². The summed E-state index contributed by atoms with van der Waals surface area (Å²) in [4.78, 5) is 23.4. The molecule has 3 aromatic rings. The molecule has 3 heterocycles. The van der Waals surface area contributed by atoms with Crippen LogP contribution >= 0.6 is 11.3 Å². The van der Waals surface area contributed by atoms with Crippen LogP contribution in [-0.2, 0) is 4.84 Å². The van der Waals surface area contributed by atoms with Crippen molar-refractivity contribution in [2.45, 2.75) is 19.9 Å². The topological polar surface area (TPSA) is 60.2 Å². The van der Waals surface area contributed by atoms with Gasteiger partial charge in [-0.05, 0) is 31.4 Å². The van der Waals surface area contributed by atoms with Gasteiger partial charge in [-0.2, -0.15) is 5.10 Å². The summed E-state index contributed by atoms with van der Waals surface area (Å²) in [6.07, 6.45) is 1.69. The van der Waals surface area contributed by atoms with Gasteiger partial charge in [0.15, 0.2) is 5.65 Å². The van der Waals surface area contributed by atoms with Crippen LogP contribution < -0.4 is 0 Å². The Labute approximate surface area is 138 Å². The number of fused-ring (bicyclic) bond motifs is 1. The van der Waals surface area contributed by atoms with Crippen LogP contribution in [0.15, 0.2) is 29.8 Å². The van der Waals surface area contributed by atoms with E-state index in [2.05, 4.69) is 5.10 Å². The second kappa shape index (κ2) is 6.10. The standard InChI is InChI=1S/C16H18N4O2S/c1-10(2)20-15-12(9-17-20)11(16(21)19(3)22-4)8-13(18-15)14-6-5-7-23-14/h5-10H,1-4H3. The molecule has 0 fully saturated rings. The maximum Gasteiger partial charge on any atom is 0.278 e. The minimum atomic E-state index is -0.221. The molecule has 0 saturated heterocycles. The fourth-order valence-corrected chi connectivity index (χ4v) is 3.06. The van der Waals surface area contributed by atoms with Crippen LogP contribution in [0.25, 0.3) is 21.6 Å². The first-order valence-corrected chi connectivity index (χ1v) is 8.15. The Morgan fingerprint density at radius 2 is 2.22 bits per heavy atom. The lowest BCUT2D eigenvalue weighted by atomic mass is 10.1. The Bertz CT molecular complexity index is 839. The Morgan fingerprint density at radius 3 is 2.83 bits per heavy atom. The van der Waals surface area contributed by atoms with Crippen molar-refractivity contribution in [2.75, 3.05) is 14.2 Å². The second-order valence-electron chi connectivity index (χ2n) is 5.44. The number of hydrogen-bond donors (Lipinski definition) is 0. The number of hydrogen-bond acceptors (Lipinski definition) is 5. The van der Waals surface area contributed by atoms with E-state index in [1.54, 1.807) is 30.6 Å². The van der Waals surface area contributed by atoms with Crippen LogP contribution in [0.5, 0.6) is 0 Å². The van der Waals surface area contributed by atoms with Crippen molar-refractivity contribution in [3.8, 4) is 10.6 Å². The number of rotatable bonds is 4. The molecule has 6 nitrogen and oxygen atoms in total. The molecule has 120 valence electrons. The summed E-state index contributed by atoms with van der Waals surface area (Å²) < 4.78 is 1.83. The summed E-state index contributed by atoms with van der Waals surface area (Å²) >= 11 is 1.59. The molecule has 3 aromatic heterocycles. The summed E-state index contributed by atoms with van der Waals surface area (Å²) in [6.45, 7) is 4.07. The van der Waals surface area contributed by atoms with Gasteiger partial charge < -0.3 is 0 Å². The van der Waals surface area contributed by atoms with Crippen molar-refractivity contribution in [3.63, 3.8) is 0 Å². The first-order valence-electron chi connectivity index (χ1n) is 7.27. The number of hydroxylamine groups is 2. The number of thiophene rings is 1. The average molecular weight is 330 g/mol. The van der Waals surface area contributed by atoms with E-state index in [9.17, 15) is 4.79 Å². The highest BCUT2D eigenvalue weighted by Gasteiger charge is 2.21. The Morgan fingerprint density at radius 1 is 1.43 bits per heavy atom. The minimum Gasteiger partial charge on any atom is -0.274 e. The van der Waals surface area contributed by atoms with Gasteiger partial charge >= 0.3 is 0 Å². The van der Waals surface area contributed by atoms with Gasteiger partial charge in [-0.25, -0.2) is 14.7 Å². The number of carbonyl (C=O) groups is 1. The lowest BCUT2D eigenvalue weighted by molar-refractivity contribution is -0.0755. The van der Waals surface area contributed by atoms with Crippen molar-refractivity contribution in [1.82, 2.24) is 19.8 Å². The van der Waals surface area contributed by atoms with Crippen LogP contribution in [0, 0.1) is 0 Å². The highest BCUT2D eigenvalue weighted by molar-refractivity contribution is 7.13. The van der Waals surface area contributed by atoms with Gasteiger partial charge in [0.2, 0.25) is 0 Å². The smallest absolute Gasteiger partial charge is 0.274 e. The predicted octanol–water partition coefficient (Wildman–Crippen LogP) is 3.37. The molecule has 0 aliphatic heterocycles. The normalized spacial score (nSPS) is 11.3. The van der Waals surface area contributed by atoms with E-state index in [1.165, 1.54) is 12.2 Å². The molecule has 0 aliphatic carbocycles. The molecule has 1 amide bonds. The van der Waals surface area contributed by atoms with E-state index in [0.29, 0.717) is 11.2 Å². The van der Waals surface area contributed by atoms with Gasteiger partial charge in [0.25, 0.3) is 5.91 Å². The van der Waals surface area contributed by atoms with Crippen molar-refractivity contribution < 1.29 is 9.63 Å². The zero-order valence-electron chi connectivity index (χ0n) is 13.5. The predicted molar refractivity (Wildman–Crippen MR) is 90.3 cm³/mol. The average Bonchev–Trinajstić information content (AvgIpc) is 3.21. The third kappa shape index (κ3) is 2.73. The molecule has 0 saturated carbocycles. The third-order valence-electron chi connectivity index (χ3n) is 3.62. The zero-order valence-corrected chi connectivity index (χ0v) is 14.3. The molecule has 0 aromatic carbocycles. The molecule has 0 unspecified atom stereocenters. The Hall–Kier alpha value is -2.25. The number of nitrogens with zero attached hydrogens (tertiary/aromatic N) is 4. The first-order chi connectivity index (χ1) is 11.0. The van der Waals surface area contributed by atoms with Gasteiger partial charge in [0, 0.05) is 13.1 Å². The van der Waals surface area contributed by atoms with Gasteiger partial charge in [0.1, 0.15) is 0 Å². The van der Waals surface area contributed by atoms with Crippen molar-refractivity contribution in [3.05, 3.63) is 35.3 Å². The molecule has 0 bridgehead atoms. The molecule has 3 rings (SSSR count). The molecule has 23 heavy (non-hydrogen) atoms. The number of aromatic nitrogens is 3. The van der Waals surface area contributed by atoms with Crippen molar-refractivity contribution in [1.29, 1.82) is 0 Å². The summed E-state index contributed by atoms with van der Waals surface area (Å²) in [5.74, 6) is -0.221. The maximum absolute atomic E-state index is 12.6. The van der Waals surface area contributed by atoms with Crippen LogP contribution in [0.4, 0.5) is 0 Å². The monoisotopic (exact) mass is 330 g/mol. The van der Waals surface area contributed by atoms with Gasteiger partial charge in [-0.15, -0.1) is 11.3 Å². The first kappa shape index (κ1) is 15.6. The number of amides is 1. The maximum atomic E-state index is 12.6. The number of carbonyl (C=O) groups excluding carboxylic acids is 1. The molecule has 0 atom stereocenters. The fourth-order valence-electron chi connectivity index (χ4n) is 2.38. The van der Waals surface area contributed by atoms with E-state index in [-0.39, 0.29) is 11.9 Å². The SMILES string of the molecule is CON(C)C(=O)c1cc(-c2cccs2)nc2c1cnn2C(C)C. The molecule has 0 spiro atoms. The summed E-state index contributed by atoms with van der Waals surface area (Å²) in [5.41, 5.74) is 2.01. The molecular formula is C16H18N4O2S. The third-order valence-corrected chi connectivity index (χ3v) is 4.51.